The number of piperazine rings is 1. The van der Waals surface area contributed by atoms with Crippen molar-refractivity contribution in [2.75, 3.05) is 31.1 Å². The molecule has 2 heterocycles. The molecule has 7 heteroatoms. The summed E-state index contributed by atoms with van der Waals surface area (Å²) in [6, 6.07) is 3.17. The third-order valence-corrected chi connectivity index (χ3v) is 5.93. The number of anilines is 1. The molecule has 0 N–H and O–H groups in total. The van der Waals surface area contributed by atoms with Gasteiger partial charge in [-0.1, -0.05) is 6.42 Å². The molecule has 4 rings (SSSR count). The van der Waals surface area contributed by atoms with Gasteiger partial charge in [-0.3, -0.25) is 4.79 Å². The topological polar surface area (TPSA) is 79.6 Å². The Kier molecular flexibility index (Phi) is 3.86. The maximum Gasteiger partial charge on any atom is 0.363 e. The zero-order valence-electron chi connectivity index (χ0n) is 13.6. The largest absolute Gasteiger partial charge is 0.365 e. The lowest BCUT2D eigenvalue weighted by atomic mass is 9.87. The number of nitrogens with zero attached hydrogens (tertiary/aromatic N) is 4. The molecule has 2 aliphatic carbocycles. The zero-order chi connectivity index (χ0) is 16.7. The number of carbonyl (C=O) groups excluding carboxylic acids is 1. The lowest BCUT2D eigenvalue weighted by Gasteiger charge is -2.37. The van der Waals surface area contributed by atoms with Crippen LogP contribution in [0.3, 0.4) is 0 Å². The fourth-order valence-electron chi connectivity index (χ4n) is 4.64. The van der Waals surface area contributed by atoms with E-state index in [2.05, 4.69) is 9.88 Å². The predicted octanol–water partition coefficient (Wildman–Crippen LogP) is 2.07. The SMILES string of the molecule is O=C([C@@H]1C[C@H]2CC[C@H]1C2)N1CCN(c2ccc([N+](=O)[O-])nc2)CC1. The van der Waals surface area contributed by atoms with Crippen LogP contribution in [0, 0.1) is 27.9 Å². The van der Waals surface area contributed by atoms with E-state index in [1.807, 2.05) is 4.90 Å². The first-order valence-electron chi connectivity index (χ1n) is 8.76. The van der Waals surface area contributed by atoms with Crippen LogP contribution in [0.25, 0.3) is 0 Å². The summed E-state index contributed by atoms with van der Waals surface area (Å²) in [5, 5.41) is 10.7. The van der Waals surface area contributed by atoms with Gasteiger partial charge >= 0.3 is 5.82 Å². The second kappa shape index (κ2) is 6.03. The van der Waals surface area contributed by atoms with Crippen molar-refractivity contribution >= 4 is 17.4 Å². The van der Waals surface area contributed by atoms with Crippen LogP contribution in [0.2, 0.25) is 0 Å². The molecule has 2 bridgehead atoms. The molecule has 2 saturated carbocycles. The van der Waals surface area contributed by atoms with E-state index in [1.165, 1.54) is 25.3 Å². The Labute approximate surface area is 140 Å². The summed E-state index contributed by atoms with van der Waals surface area (Å²) in [6.45, 7) is 2.96. The van der Waals surface area contributed by atoms with Crippen LogP contribution in [0.15, 0.2) is 18.3 Å². The Hall–Kier alpha value is -2.18. The Morgan fingerprint density at radius 3 is 2.50 bits per heavy atom. The average molecular weight is 330 g/mol. The number of hydrogen-bond acceptors (Lipinski definition) is 5. The van der Waals surface area contributed by atoms with Gasteiger partial charge in [0.05, 0.1) is 5.69 Å². The van der Waals surface area contributed by atoms with Gasteiger partial charge in [0.15, 0.2) is 6.20 Å². The van der Waals surface area contributed by atoms with Crippen molar-refractivity contribution in [2.24, 2.45) is 17.8 Å². The van der Waals surface area contributed by atoms with Crippen molar-refractivity contribution in [3.8, 4) is 0 Å². The average Bonchev–Trinajstić information content (AvgIpc) is 3.25. The molecule has 7 nitrogen and oxygen atoms in total. The van der Waals surface area contributed by atoms with Crippen molar-refractivity contribution < 1.29 is 9.72 Å². The van der Waals surface area contributed by atoms with Crippen LogP contribution in [0.4, 0.5) is 11.5 Å². The highest BCUT2D eigenvalue weighted by Gasteiger charge is 2.44. The summed E-state index contributed by atoms with van der Waals surface area (Å²) in [6.07, 6.45) is 6.44. The number of fused-ring (bicyclic) bond motifs is 2. The van der Waals surface area contributed by atoms with E-state index in [9.17, 15) is 14.9 Å². The second-order valence-electron chi connectivity index (χ2n) is 7.23. The summed E-state index contributed by atoms with van der Waals surface area (Å²) < 4.78 is 0. The maximum absolute atomic E-state index is 12.8. The van der Waals surface area contributed by atoms with Crippen molar-refractivity contribution in [2.45, 2.75) is 25.7 Å². The molecule has 1 aromatic heterocycles. The Bertz CT molecular complexity index is 640. The van der Waals surface area contributed by atoms with Gasteiger partial charge in [0.2, 0.25) is 5.91 Å². The highest BCUT2D eigenvalue weighted by atomic mass is 16.6. The molecule has 3 fully saturated rings. The summed E-state index contributed by atoms with van der Waals surface area (Å²) >= 11 is 0. The summed E-state index contributed by atoms with van der Waals surface area (Å²) in [4.78, 5) is 31.0. The van der Waals surface area contributed by atoms with E-state index < -0.39 is 4.92 Å². The van der Waals surface area contributed by atoms with Crippen LogP contribution in [-0.2, 0) is 4.79 Å². The van der Waals surface area contributed by atoms with Gasteiger partial charge in [0, 0.05) is 38.2 Å². The molecular weight excluding hydrogens is 308 g/mol. The number of nitro groups is 1. The molecule has 128 valence electrons. The number of carbonyl (C=O) groups is 1. The minimum Gasteiger partial charge on any atom is -0.365 e. The first-order chi connectivity index (χ1) is 11.6. The van der Waals surface area contributed by atoms with Crippen LogP contribution in [0.5, 0.6) is 0 Å². The standard InChI is InChI=1S/C17H22N4O3/c22-17(15-10-12-1-2-13(15)9-12)20-7-5-19(6-8-20)14-3-4-16(18-11-14)21(23)24/h3-4,11-13,15H,1-2,5-10H2/t12-,13-,15+/m0/s1. The van der Waals surface area contributed by atoms with Gasteiger partial charge in [0.1, 0.15) is 0 Å². The van der Waals surface area contributed by atoms with E-state index in [1.54, 1.807) is 12.3 Å². The van der Waals surface area contributed by atoms with Crippen LogP contribution < -0.4 is 4.90 Å². The number of aromatic nitrogens is 1. The molecule has 3 aliphatic rings. The maximum atomic E-state index is 12.8. The summed E-state index contributed by atoms with van der Waals surface area (Å²) in [5.74, 6) is 1.89. The van der Waals surface area contributed by atoms with Crippen LogP contribution in [0.1, 0.15) is 25.7 Å². The summed E-state index contributed by atoms with van der Waals surface area (Å²) in [7, 11) is 0. The normalized spacial score (nSPS) is 29.1. The number of hydrogen-bond donors (Lipinski definition) is 0. The number of pyridine rings is 1. The lowest BCUT2D eigenvalue weighted by Crippen LogP contribution is -2.51. The Morgan fingerprint density at radius 1 is 1.17 bits per heavy atom. The molecular formula is C17H22N4O3. The third-order valence-electron chi connectivity index (χ3n) is 5.93. The lowest BCUT2D eigenvalue weighted by molar-refractivity contribution is -0.389. The predicted molar refractivity (Wildman–Crippen MR) is 88.6 cm³/mol. The highest BCUT2D eigenvalue weighted by molar-refractivity contribution is 5.80. The quantitative estimate of drug-likeness (QED) is 0.626. The van der Waals surface area contributed by atoms with Gasteiger partial charge < -0.3 is 19.9 Å². The van der Waals surface area contributed by atoms with Crippen LogP contribution >= 0.6 is 0 Å². The van der Waals surface area contributed by atoms with Crippen molar-refractivity contribution in [3.63, 3.8) is 0 Å². The monoisotopic (exact) mass is 330 g/mol. The zero-order valence-corrected chi connectivity index (χ0v) is 13.6. The first-order valence-corrected chi connectivity index (χ1v) is 8.76. The Morgan fingerprint density at radius 2 is 1.96 bits per heavy atom. The van der Waals surface area contributed by atoms with Crippen molar-refractivity contribution in [1.82, 2.24) is 9.88 Å². The first kappa shape index (κ1) is 15.4. The number of amides is 1. The van der Waals surface area contributed by atoms with E-state index in [0.29, 0.717) is 11.8 Å². The van der Waals surface area contributed by atoms with E-state index in [0.717, 1.165) is 44.2 Å². The smallest absolute Gasteiger partial charge is 0.363 e. The number of rotatable bonds is 3. The van der Waals surface area contributed by atoms with Gasteiger partial charge in [-0.25, -0.2) is 0 Å². The fourth-order valence-corrected chi connectivity index (χ4v) is 4.64. The summed E-state index contributed by atoms with van der Waals surface area (Å²) in [5.41, 5.74) is 0.882. The molecule has 1 aliphatic heterocycles. The van der Waals surface area contributed by atoms with Gasteiger partial charge in [0.25, 0.3) is 0 Å². The Balaban J connectivity index is 1.34. The highest BCUT2D eigenvalue weighted by Crippen LogP contribution is 2.48. The minimum atomic E-state index is -0.490. The van der Waals surface area contributed by atoms with E-state index in [4.69, 9.17) is 0 Å². The molecule has 0 spiro atoms. The van der Waals surface area contributed by atoms with Crippen LogP contribution in [-0.4, -0.2) is 46.9 Å². The van der Waals surface area contributed by atoms with Gasteiger partial charge in [-0.15, -0.1) is 0 Å². The molecule has 0 unspecified atom stereocenters. The molecule has 0 aromatic carbocycles. The third kappa shape index (κ3) is 2.72. The molecule has 1 saturated heterocycles. The van der Waals surface area contributed by atoms with Gasteiger partial charge in [-0.2, -0.15) is 0 Å². The molecule has 1 amide bonds. The molecule has 0 radical (unpaired) electrons. The minimum absolute atomic E-state index is 0.135. The molecule has 24 heavy (non-hydrogen) atoms. The second-order valence-corrected chi connectivity index (χ2v) is 7.23. The fraction of sp³-hybridized carbons (Fsp3) is 0.647. The molecule has 3 atom stereocenters. The molecule has 1 aromatic rings. The van der Waals surface area contributed by atoms with E-state index in [-0.39, 0.29) is 11.7 Å². The van der Waals surface area contributed by atoms with E-state index >= 15 is 0 Å². The van der Waals surface area contributed by atoms with Crippen molar-refractivity contribution in [1.29, 1.82) is 0 Å². The van der Waals surface area contributed by atoms with Crippen molar-refractivity contribution in [3.05, 3.63) is 28.4 Å². The van der Waals surface area contributed by atoms with Gasteiger partial charge in [-0.05, 0) is 47.1 Å².